The van der Waals surface area contributed by atoms with Gasteiger partial charge in [-0.25, -0.2) is 0 Å². The molecule has 3 nitrogen and oxygen atoms in total. The van der Waals surface area contributed by atoms with Gasteiger partial charge in [0.1, 0.15) is 5.75 Å². The molecule has 0 aliphatic heterocycles. The fraction of sp³-hybridized carbons (Fsp3) is 0.500. The van der Waals surface area contributed by atoms with Gasteiger partial charge >= 0.3 is 5.97 Å². The summed E-state index contributed by atoms with van der Waals surface area (Å²) in [5.41, 5.74) is 7.30. The second kappa shape index (κ2) is 11.6. The molecule has 1 atom stereocenters. The van der Waals surface area contributed by atoms with Crippen molar-refractivity contribution in [3.8, 4) is 5.75 Å². The second-order valence-corrected chi connectivity index (χ2v) is 8.46. The van der Waals surface area contributed by atoms with Crippen molar-refractivity contribution in [3.63, 3.8) is 0 Å². The summed E-state index contributed by atoms with van der Waals surface area (Å²) in [6.07, 6.45) is 11.6. The van der Waals surface area contributed by atoms with Crippen molar-refractivity contribution in [2.45, 2.75) is 86.5 Å². The first-order valence-electron chi connectivity index (χ1n) is 10.5. The summed E-state index contributed by atoms with van der Waals surface area (Å²) < 4.78 is 0. The molecule has 0 heterocycles. The standard InChI is InChI=1S/C26H38O3/c1-17(2)10-8-11-18(3)12-9-13-19(4)14-15-23-21(6)24(22(7)26(28)29)16-20(5)25(23)27/h10,12,14,16,22,27H,8-9,11,13,15H2,1-7H3,(H,28,29)/b18-12+,19-14?. The van der Waals surface area contributed by atoms with Crippen LogP contribution in [0.2, 0.25) is 0 Å². The zero-order valence-electron chi connectivity index (χ0n) is 19.2. The van der Waals surface area contributed by atoms with Crippen LogP contribution in [0.15, 0.2) is 41.0 Å². The number of phenolic OH excluding ortho intramolecular Hbond substituents is 1. The van der Waals surface area contributed by atoms with Crippen LogP contribution in [0.4, 0.5) is 0 Å². The van der Waals surface area contributed by atoms with Crippen LogP contribution in [0, 0.1) is 13.8 Å². The number of hydrogen-bond acceptors (Lipinski definition) is 2. The molecule has 3 heteroatoms. The molecule has 0 saturated heterocycles. The molecule has 0 radical (unpaired) electrons. The first-order chi connectivity index (χ1) is 13.5. The van der Waals surface area contributed by atoms with Gasteiger partial charge in [0.25, 0.3) is 0 Å². The summed E-state index contributed by atoms with van der Waals surface area (Å²) in [6, 6.07) is 1.80. The summed E-state index contributed by atoms with van der Waals surface area (Å²) in [5, 5.41) is 19.9. The topological polar surface area (TPSA) is 57.5 Å². The number of phenols is 1. The maximum absolute atomic E-state index is 11.4. The molecule has 160 valence electrons. The largest absolute Gasteiger partial charge is 0.507 e. The van der Waals surface area contributed by atoms with Crippen molar-refractivity contribution in [2.75, 3.05) is 0 Å². The minimum absolute atomic E-state index is 0.280. The molecular formula is C26H38O3. The van der Waals surface area contributed by atoms with Gasteiger partial charge in [0.05, 0.1) is 5.92 Å². The SMILES string of the molecule is CC(C)=CCC/C(C)=C/CCC(C)=CCc1c(C)c(C(C)C(=O)O)cc(C)c1O. The monoisotopic (exact) mass is 398 g/mol. The summed E-state index contributed by atoms with van der Waals surface area (Å²) >= 11 is 0. The van der Waals surface area contributed by atoms with Crippen LogP contribution < -0.4 is 0 Å². The number of hydrogen-bond donors (Lipinski definition) is 2. The number of aliphatic carboxylic acids is 1. The molecule has 0 aromatic heterocycles. The minimum Gasteiger partial charge on any atom is -0.507 e. The Labute approximate surface area is 176 Å². The van der Waals surface area contributed by atoms with Crippen molar-refractivity contribution in [2.24, 2.45) is 0 Å². The van der Waals surface area contributed by atoms with Gasteiger partial charge < -0.3 is 10.2 Å². The van der Waals surface area contributed by atoms with Gasteiger partial charge in [-0.1, -0.05) is 41.0 Å². The number of carboxylic acid groups (broad SMARTS) is 1. The number of allylic oxidation sites excluding steroid dienone is 6. The van der Waals surface area contributed by atoms with E-state index in [1.54, 1.807) is 13.0 Å². The molecule has 0 spiro atoms. The Morgan fingerprint density at radius 3 is 2.10 bits per heavy atom. The van der Waals surface area contributed by atoms with E-state index in [9.17, 15) is 15.0 Å². The van der Waals surface area contributed by atoms with E-state index in [4.69, 9.17) is 0 Å². The Kier molecular flexibility index (Phi) is 9.94. The highest BCUT2D eigenvalue weighted by Crippen LogP contribution is 2.33. The van der Waals surface area contributed by atoms with Crippen molar-refractivity contribution < 1.29 is 15.0 Å². The third kappa shape index (κ3) is 7.92. The summed E-state index contributed by atoms with van der Waals surface area (Å²) in [6.45, 7) is 14.0. The van der Waals surface area contributed by atoms with Gasteiger partial charge in [0.15, 0.2) is 0 Å². The number of aryl methyl sites for hydroxylation is 1. The van der Waals surface area contributed by atoms with Crippen molar-refractivity contribution >= 4 is 5.97 Å². The number of rotatable bonds is 10. The quantitative estimate of drug-likeness (QED) is 0.411. The number of carboxylic acids is 1. The van der Waals surface area contributed by atoms with Crippen LogP contribution in [0.5, 0.6) is 5.75 Å². The van der Waals surface area contributed by atoms with Gasteiger partial charge in [0, 0.05) is 5.56 Å². The molecule has 0 saturated carbocycles. The maximum Gasteiger partial charge on any atom is 0.310 e. The molecule has 2 N–H and O–H groups in total. The molecule has 0 fully saturated rings. The second-order valence-electron chi connectivity index (χ2n) is 8.46. The van der Waals surface area contributed by atoms with Gasteiger partial charge in [-0.15, -0.1) is 0 Å². The molecule has 0 bridgehead atoms. The highest BCUT2D eigenvalue weighted by Gasteiger charge is 2.20. The fourth-order valence-corrected chi connectivity index (χ4v) is 3.45. The fourth-order valence-electron chi connectivity index (χ4n) is 3.45. The molecule has 1 aromatic carbocycles. The molecule has 1 aromatic rings. The van der Waals surface area contributed by atoms with Crippen LogP contribution in [0.3, 0.4) is 0 Å². The Hall–Kier alpha value is -2.29. The minimum atomic E-state index is -0.845. The predicted molar refractivity (Wildman–Crippen MR) is 123 cm³/mol. The van der Waals surface area contributed by atoms with E-state index in [-0.39, 0.29) is 5.75 Å². The lowest BCUT2D eigenvalue weighted by molar-refractivity contribution is -0.138. The zero-order valence-corrected chi connectivity index (χ0v) is 19.2. The zero-order chi connectivity index (χ0) is 22.1. The third-order valence-electron chi connectivity index (χ3n) is 5.53. The first kappa shape index (κ1) is 24.7. The summed E-state index contributed by atoms with van der Waals surface area (Å²) in [4.78, 5) is 11.4. The Balaban J connectivity index is 2.81. The van der Waals surface area contributed by atoms with Crippen LogP contribution in [-0.2, 0) is 11.2 Å². The van der Waals surface area contributed by atoms with Crippen LogP contribution >= 0.6 is 0 Å². The molecule has 0 aliphatic rings. The highest BCUT2D eigenvalue weighted by atomic mass is 16.4. The smallest absolute Gasteiger partial charge is 0.310 e. The van der Waals surface area contributed by atoms with Gasteiger partial charge in [-0.3, -0.25) is 4.79 Å². The predicted octanol–water partition coefficient (Wildman–Crippen LogP) is 7.16. The average molecular weight is 399 g/mol. The van der Waals surface area contributed by atoms with Crippen LogP contribution in [-0.4, -0.2) is 16.2 Å². The van der Waals surface area contributed by atoms with E-state index < -0.39 is 11.9 Å². The van der Waals surface area contributed by atoms with E-state index in [1.165, 1.54) is 16.7 Å². The molecule has 1 rings (SSSR count). The molecule has 0 aliphatic carbocycles. The Bertz CT molecular complexity index is 806. The number of aromatic hydroxyl groups is 1. The third-order valence-corrected chi connectivity index (χ3v) is 5.53. The lowest BCUT2D eigenvalue weighted by atomic mass is 9.89. The Morgan fingerprint density at radius 1 is 1.00 bits per heavy atom. The first-order valence-corrected chi connectivity index (χ1v) is 10.5. The number of carbonyl (C=O) groups is 1. The lowest BCUT2D eigenvalue weighted by Crippen LogP contribution is -2.11. The lowest BCUT2D eigenvalue weighted by Gasteiger charge is -2.17. The van der Waals surface area contributed by atoms with E-state index in [0.29, 0.717) is 6.42 Å². The average Bonchev–Trinajstić information content (AvgIpc) is 2.63. The van der Waals surface area contributed by atoms with Crippen LogP contribution in [0.25, 0.3) is 0 Å². The van der Waals surface area contributed by atoms with E-state index in [1.807, 2.05) is 13.8 Å². The van der Waals surface area contributed by atoms with Gasteiger partial charge in [-0.05, 0) is 97.3 Å². The molecule has 1 unspecified atom stereocenters. The summed E-state index contributed by atoms with van der Waals surface area (Å²) in [5.74, 6) is -1.15. The molecule has 29 heavy (non-hydrogen) atoms. The molecule has 0 amide bonds. The van der Waals surface area contributed by atoms with Gasteiger partial charge in [-0.2, -0.15) is 0 Å². The van der Waals surface area contributed by atoms with Crippen molar-refractivity contribution in [1.82, 2.24) is 0 Å². The normalized spacial score (nSPS) is 13.3. The van der Waals surface area contributed by atoms with E-state index in [2.05, 4.69) is 45.9 Å². The van der Waals surface area contributed by atoms with Crippen LogP contribution in [0.1, 0.15) is 88.5 Å². The highest BCUT2D eigenvalue weighted by molar-refractivity contribution is 5.76. The van der Waals surface area contributed by atoms with Crippen molar-refractivity contribution in [3.05, 3.63) is 63.3 Å². The Morgan fingerprint density at radius 2 is 1.55 bits per heavy atom. The summed E-state index contributed by atoms with van der Waals surface area (Å²) in [7, 11) is 0. The molecular weight excluding hydrogens is 360 g/mol. The van der Waals surface area contributed by atoms with E-state index >= 15 is 0 Å². The van der Waals surface area contributed by atoms with Crippen molar-refractivity contribution in [1.29, 1.82) is 0 Å². The maximum atomic E-state index is 11.4. The number of benzene rings is 1. The van der Waals surface area contributed by atoms with E-state index in [0.717, 1.165) is 47.9 Å². The van der Waals surface area contributed by atoms with Gasteiger partial charge in [0.2, 0.25) is 0 Å².